The summed E-state index contributed by atoms with van der Waals surface area (Å²) in [6.45, 7) is 6.82. The van der Waals surface area contributed by atoms with Crippen molar-refractivity contribution in [2.24, 2.45) is 0 Å². The van der Waals surface area contributed by atoms with Gasteiger partial charge in [-0.1, -0.05) is 41.7 Å². The maximum Gasteiger partial charge on any atom is 0.0594 e. The molecule has 0 amide bonds. The van der Waals surface area contributed by atoms with Crippen LogP contribution in [0.25, 0.3) is 0 Å². The standard InChI is InChI=1S/C20H21NO/c1-17-2-4-18(5-3-17)6-7-19-8-10-20(11-9-19)16-21-12-14-22-15-13-21/h2-5,8-11H,12-16H2,1H3. The second-order valence-corrected chi connectivity index (χ2v) is 5.70. The van der Waals surface area contributed by atoms with E-state index in [0.717, 1.165) is 44.0 Å². The Morgan fingerprint density at radius 2 is 1.41 bits per heavy atom. The van der Waals surface area contributed by atoms with Crippen molar-refractivity contribution in [3.8, 4) is 11.8 Å². The van der Waals surface area contributed by atoms with E-state index in [-0.39, 0.29) is 0 Å². The number of nitrogens with zero attached hydrogens (tertiary/aromatic N) is 1. The van der Waals surface area contributed by atoms with Crippen molar-refractivity contribution in [1.82, 2.24) is 4.90 Å². The molecule has 0 aliphatic carbocycles. The Labute approximate surface area is 132 Å². The number of rotatable bonds is 2. The number of aryl methyl sites for hydroxylation is 1. The van der Waals surface area contributed by atoms with E-state index in [4.69, 9.17) is 4.74 Å². The zero-order chi connectivity index (χ0) is 15.2. The van der Waals surface area contributed by atoms with Crippen molar-refractivity contribution in [3.63, 3.8) is 0 Å². The average Bonchev–Trinajstić information content (AvgIpc) is 2.57. The Morgan fingerprint density at radius 1 is 0.864 bits per heavy atom. The molecule has 0 N–H and O–H groups in total. The van der Waals surface area contributed by atoms with Crippen molar-refractivity contribution in [1.29, 1.82) is 0 Å². The molecule has 0 bridgehead atoms. The van der Waals surface area contributed by atoms with Gasteiger partial charge in [0.25, 0.3) is 0 Å². The number of benzene rings is 2. The fourth-order valence-corrected chi connectivity index (χ4v) is 2.49. The summed E-state index contributed by atoms with van der Waals surface area (Å²) in [5.74, 6) is 6.44. The molecule has 2 nitrogen and oxygen atoms in total. The molecule has 2 aromatic carbocycles. The first-order chi connectivity index (χ1) is 10.8. The lowest BCUT2D eigenvalue weighted by molar-refractivity contribution is 0.0342. The predicted molar refractivity (Wildman–Crippen MR) is 89.7 cm³/mol. The maximum absolute atomic E-state index is 5.38. The van der Waals surface area contributed by atoms with Crippen molar-refractivity contribution >= 4 is 0 Å². The molecule has 0 unspecified atom stereocenters. The number of morpholine rings is 1. The lowest BCUT2D eigenvalue weighted by Gasteiger charge is -2.26. The molecule has 0 spiro atoms. The molecule has 2 aromatic rings. The summed E-state index contributed by atoms with van der Waals surface area (Å²) >= 11 is 0. The lowest BCUT2D eigenvalue weighted by Crippen LogP contribution is -2.35. The van der Waals surface area contributed by atoms with Crippen LogP contribution in [0.2, 0.25) is 0 Å². The minimum absolute atomic E-state index is 0.847. The molecule has 1 heterocycles. The average molecular weight is 291 g/mol. The molecule has 1 saturated heterocycles. The molecule has 1 aliphatic heterocycles. The number of hydrogen-bond acceptors (Lipinski definition) is 2. The molecular formula is C20H21NO. The highest BCUT2D eigenvalue weighted by Gasteiger charge is 2.10. The highest BCUT2D eigenvalue weighted by Crippen LogP contribution is 2.09. The largest absolute Gasteiger partial charge is 0.379 e. The van der Waals surface area contributed by atoms with Crippen LogP contribution in [0.4, 0.5) is 0 Å². The van der Waals surface area contributed by atoms with Crippen molar-refractivity contribution in [3.05, 3.63) is 70.8 Å². The molecule has 3 rings (SSSR count). The summed E-state index contributed by atoms with van der Waals surface area (Å²) in [4.78, 5) is 2.43. The maximum atomic E-state index is 5.38. The third-order valence-electron chi connectivity index (χ3n) is 3.87. The molecular weight excluding hydrogens is 270 g/mol. The zero-order valence-corrected chi connectivity index (χ0v) is 13.0. The first-order valence-electron chi connectivity index (χ1n) is 7.77. The van der Waals surface area contributed by atoms with Crippen molar-refractivity contribution < 1.29 is 4.74 Å². The van der Waals surface area contributed by atoms with Gasteiger partial charge in [-0.05, 0) is 36.8 Å². The van der Waals surface area contributed by atoms with Crippen LogP contribution in [0.15, 0.2) is 48.5 Å². The smallest absolute Gasteiger partial charge is 0.0594 e. The Balaban J connectivity index is 1.63. The summed E-state index contributed by atoms with van der Waals surface area (Å²) in [6.07, 6.45) is 0. The fraction of sp³-hybridized carbons (Fsp3) is 0.300. The van der Waals surface area contributed by atoms with E-state index in [1.807, 2.05) is 0 Å². The monoisotopic (exact) mass is 291 g/mol. The molecule has 2 heteroatoms. The van der Waals surface area contributed by atoms with Crippen molar-refractivity contribution in [2.45, 2.75) is 13.5 Å². The second kappa shape index (κ2) is 7.26. The Hall–Kier alpha value is -2.08. The quantitative estimate of drug-likeness (QED) is 0.788. The normalized spacial score (nSPS) is 15.1. The van der Waals surface area contributed by atoms with Gasteiger partial charge in [0.1, 0.15) is 0 Å². The van der Waals surface area contributed by atoms with Crippen LogP contribution in [0.1, 0.15) is 22.3 Å². The summed E-state index contributed by atoms with van der Waals surface area (Å²) in [5.41, 5.74) is 4.72. The molecule has 0 aromatic heterocycles. The van der Waals surface area contributed by atoms with Gasteiger partial charge in [-0.3, -0.25) is 4.90 Å². The molecule has 112 valence electrons. The first-order valence-corrected chi connectivity index (χ1v) is 7.77. The van der Waals surface area contributed by atoms with E-state index >= 15 is 0 Å². The summed E-state index contributed by atoms with van der Waals surface area (Å²) in [6, 6.07) is 16.9. The summed E-state index contributed by atoms with van der Waals surface area (Å²) < 4.78 is 5.38. The molecule has 1 fully saturated rings. The minimum atomic E-state index is 0.847. The van der Waals surface area contributed by atoms with Crippen LogP contribution < -0.4 is 0 Å². The van der Waals surface area contributed by atoms with Crippen molar-refractivity contribution in [2.75, 3.05) is 26.3 Å². The van der Waals surface area contributed by atoms with E-state index in [2.05, 4.69) is 72.2 Å². The van der Waals surface area contributed by atoms with Gasteiger partial charge in [-0.2, -0.15) is 0 Å². The van der Waals surface area contributed by atoms with E-state index in [0.29, 0.717) is 0 Å². The SMILES string of the molecule is Cc1ccc(C#Cc2ccc(CN3CCOCC3)cc2)cc1. The topological polar surface area (TPSA) is 12.5 Å². The predicted octanol–water partition coefficient (Wildman–Crippen LogP) is 3.23. The van der Waals surface area contributed by atoms with Gasteiger partial charge >= 0.3 is 0 Å². The van der Waals surface area contributed by atoms with Crippen LogP contribution in [0.5, 0.6) is 0 Å². The van der Waals surface area contributed by atoms with E-state index < -0.39 is 0 Å². The fourth-order valence-electron chi connectivity index (χ4n) is 2.49. The number of ether oxygens (including phenoxy) is 1. The minimum Gasteiger partial charge on any atom is -0.379 e. The highest BCUT2D eigenvalue weighted by atomic mass is 16.5. The molecule has 1 aliphatic rings. The Morgan fingerprint density at radius 3 is 2.00 bits per heavy atom. The third-order valence-corrected chi connectivity index (χ3v) is 3.87. The summed E-state index contributed by atoms with van der Waals surface area (Å²) in [5, 5.41) is 0. The van der Waals surface area contributed by atoms with Crippen LogP contribution in [0.3, 0.4) is 0 Å². The van der Waals surface area contributed by atoms with Gasteiger partial charge in [0, 0.05) is 30.8 Å². The highest BCUT2D eigenvalue weighted by molar-refractivity contribution is 5.43. The van der Waals surface area contributed by atoms with Crippen LogP contribution in [0, 0.1) is 18.8 Å². The van der Waals surface area contributed by atoms with E-state index in [1.54, 1.807) is 0 Å². The molecule has 0 saturated carbocycles. The number of hydrogen-bond donors (Lipinski definition) is 0. The molecule has 22 heavy (non-hydrogen) atoms. The van der Waals surface area contributed by atoms with E-state index in [1.165, 1.54) is 11.1 Å². The van der Waals surface area contributed by atoms with Gasteiger partial charge in [0.15, 0.2) is 0 Å². The lowest BCUT2D eigenvalue weighted by atomic mass is 10.1. The third kappa shape index (κ3) is 4.21. The Bertz CT molecular complexity index is 656. The van der Waals surface area contributed by atoms with E-state index in [9.17, 15) is 0 Å². The second-order valence-electron chi connectivity index (χ2n) is 5.70. The van der Waals surface area contributed by atoms with Crippen LogP contribution in [-0.4, -0.2) is 31.2 Å². The zero-order valence-electron chi connectivity index (χ0n) is 13.0. The van der Waals surface area contributed by atoms with Gasteiger partial charge < -0.3 is 4.74 Å². The van der Waals surface area contributed by atoms with Crippen LogP contribution >= 0.6 is 0 Å². The Kier molecular flexibility index (Phi) is 4.90. The summed E-state index contributed by atoms with van der Waals surface area (Å²) in [7, 11) is 0. The molecule has 0 radical (unpaired) electrons. The van der Waals surface area contributed by atoms with Crippen LogP contribution in [-0.2, 0) is 11.3 Å². The molecule has 0 atom stereocenters. The van der Waals surface area contributed by atoms with Gasteiger partial charge in [0.05, 0.1) is 13.2 Å². The van der Waals surface area contributed by atoms with Gasteiger partial charge in [-0.25, -0.2) is 0 Å². The van der Waals surface area contributed by atoms with Gasteiger partial charge in [0.2, 0.25) is 0 Å². The first kappa shape index (κ1) is 14.8. The van der Waals surface area contributed by atoms with Gasteiger partial charge in [-0.15, -0.1) is 0 Å².